The van der Waals surface area contributed by atoms with Crippen LogP contribution in [0.2, 0.25) is 5.02 Å². The molecule has 29 heavy (non-hydrogen) atoms. The van der Waals surface area contributed by atoms with E-state index in [0.29, 0.717) is 18.9 Å². The van der Waals surface area contributed by atoms with Crippen LogP contribution in [0, 0.1) is 0 Å². The van der Waals surface area contributed by atoms with Crippen molar-refractivity contribution in [2.75, 3.05) is 13.1 Å². The topological polar surface area (TPSA) is 40.5 Å². The second kappa shape index (κ2) is 9.23. The molecule has 150 valence electrons. The van der Waals surface area contributed by atoms with Crippen molar-refractivity contribution in [2.24, 2.45) is 0 Å². The number of benzene rings is 2. The molecule has 1 aliphatic heterocycles. The standard InChI is InChI=1S/C24H24ClNO2S/c25-20-8-6-18(7-9-20)19-12-13-26(24(28)15-19)16-22(27)23-11-10-21(29-23)14-17-4-2-1-3-5-17/h1-11,19,24,28H,12-16H2. The molecule has 2 heterocycles. The first-order valence-corrected chi connectivity index (χ1v) is 11.1. The number of Topliss-reactive ketones (excluding diaryl/α,β-unsaturated/α-hetero) is 1. The Labute approximate surface area is 180 Å². The fourth-order valence-corrected chi connectivity index (χ4v) is 4.99. The smallest absolute Gasteiger partial charge is 0.186 e. The number of carbonyl (C=O) groups is 1. The third-order valence-electron chi connectivity index (χ3n) is 5.53. The van der Waals surface area contributed by atoms with Crippen LogP contribution in [-0.2, 0) is 6.42 Å². The van der Waals surface area contributed by atoms with Crippen molar-refractivity contribution in [3.8, 4) is 0 Å². The van der Waals surface area contributed by atoms with Crippen LogP contribution in [0.25, 0.3) is 0 Å². The lowest BCUT2D eigenvalue weighted by atomic mass is 9.88. The summed E-state index contributed by atoms with van der Waals surface area (Å²) >= 11 is 7.52. The number of rotatable bonds is 6. The first-order chi connectivity index (χ1) is 14.1. The monoisotopic (exact) mass is 425 g/mol. The number of hydrogen-bond donors (Lipinski definition) is 1. The van der Waals surface area contributed by atoms with Crippen molar-refractivity contribution in [1.82, 2.24) is 4.90 Å². The molecule has 2 atom stereocenters. The molecule has 1 N–H and O–H groups in total. The average molecular weight is 426 g/mol. The molecule has 0 bridgehead atoms. The van der Waals surface area contributed by atoms with Gasteiger partial charge in [0, 0.05) is 22.9 Å². The SMILES string of the molecule is O=C(CN1CCC(c2ccc(Cl)cc2)CC1O)c1ccc(Cc2ccccc2)s1. The van der Waals surface area contributed by atoms with Gasteiger partial charge < -0.3 is 5.11 Å². The highest BCUT2D eigenvalue weighted by Crippen LogP contribution is 2.31. The summed E-state index contributed by atoms with van der Waals surface area (Å²) in [7, 11) is 0. The molecule has 3 aromatic rings. The Morgan fingerprint density at radius 2 is 1.83 bits per heavy atom. The Kier molecular flexibility index (Phi) is 6.46. The molecule has 4 rings (SSSR count). The van der Waals surface area contributed by atoms with Gasteiger partial charge in [0.2, 0.25) is 0 Å². The van der Waals surface area contributed by atoms with Gasteiger partial charge in [-0.25, -0.2) is 0 Å². The molecule has 0 spiro atoms. The summed E-state index contributed by atoms with van der Waals surface area (Å²) in [5.74, 6) is 0.381. The second-order valence-corrected chi connectivity index (χ2v) is 9.18. The molecular weight excluding hydrogens is 402 g/mol. The lowest BCUT2D eigenvalue weighted by Crippen LogP contribution is -2.44. The average Bonchev–Trinajstić information content (AvgIpc) is 3.19. The van der Waals surface area contributed by atoms with Crippen molar-refractivity contribution in [3.05, 3.63) is 92.6 Å². The first kappa shape index (κ1) is 20.3. The van der Waals surface area contributed by atoms with Crippen LogP contribution in [0.1, 0.15) is 44.4 Å². The van der Waals surface area contributed by atoms with Gasteiger partial charge in [-0.05, 0) is 54.2 Å². The van der Waals surface area contributed by atoms with Crippen molar-refractivity contribution in [2.45, 2.75) is 31.4 Å². The maximum absolute atomic E-state index is 12.8. The number of thiophene rings is 1. The van der Waals surface area contributed by atoms with Gasteiger partial charge in [-0.2, -0.15) is 0 Å². The number of halogens is 1. The van der Waals surface area contributed by atoms with E-state index in [4.69, 9.17) is 11.6 Å². The van der Waals surface area contributed by atoms with Crippen LogP contribution in [0.4, 0.5) is 0 Å². The summed E-state index contributed by atoms with van der Waals surface area (Å²) in [6.07, 6.45) is 1.81. The van der Waals surface area contributed by atoms with Gasteiger partial charge in [-0.15, -0.1) is 11.3 Å². The van der Waals surface area contributed by atoms with Crippen LogP contribution in [0.15, 0.2) is 66.7 Å². The zero-order valence-corrected chi connectivity index (χ0v) is 17.7. The van der Waals surface area contributed by atoms with Crippen molar-refractivity contribution in [1.29, 1.82) is 0 Å². The molecule has 0 amide bonds. The van der Waals surface area contributed by atoms with E-state index in [-0.39, 0.29) is 12.3 Å². The zero-order chi connectivity index (χ0) is 20.2. The molecule has 0 radical (unpaired) electrons. The minimum absolute atomic E-state index is 0.0818. The largest absolute Gasteiger partial charge is 0.378 e. The van der Waals surface area contributed by atoms with Gasteiger partial charge in [0.1, 0.15) is 6.23 Å². The minimum atomic E-state index is -0.600. The van der Waals surface area contributed by atoms with Crippen LogP contribution in [0.5, 0.6) is 0 Å². The van der Waals surface area contributed by atoms with E-state index in [0.717, 1.165) is 22.7 Å². The molecule has 1 aromatic heterocycles. The van der Waals surface area contributed by atoms with E-state index in [1.807, 2.05) is 59.5 Å². The first-order valence-electron chi connectivity index (χ1n) is 9.92. The Hall–Kier alpha value is -1.98. The predicted octanol–water partition coefficient (Wildman–Crippen LogP) is 5.37. The van der Waals surface area contributed by atoms with E-state index in [1.165, 1.54) is 16.0 Å². The molecule has 0 aliphatic carbocycles. The third kappa shape index (κ3) is 5.14. The number of piperidine rings is 1. The van der Waals surface area contributed by atoms with Gasteiger partial charge >= 0.3 is 0 Å². The molecule has 1 aliphatic rings. The number of carbonyl (C=O) groups excluding carboxylic acids is 1. The Bertz CT molecular complexity index is 955. The number of hydrogen-bond acceptors (Lipinski definition) is 4. The molecule has 5 heteroatoms. The number of ketones is 1. The van der Waals surface area contributed by atoms with Crippen LogP contribution in [0.3, 0.4) is 0 Å². The number of aliphatic hydroxyl groups excluding tert-OH is 1. The Balaban J connectivity index is 1.34. The normalized spacial score (nSPS) is 19.9. The van der Waals surface area contributed by atoms with E-state index in [1.54, 1.807) is 11.3 Å². The predicted molar refractivity (Wildman–Crippen MR) is 119 cm³/mol. The summed E-state index contributed by atoms with van der Waals surface area (Å²) in [6, 6.07) is 22.1. The molecule has 1 fully saturated rings. The van der Waals surface area contributed by atoms with E-state index >= 15 is 0 Å². The van der Waals surface area contributed by atoms with Crippen LogP contribution >= 0.6 is 22.9 Å². The van der Waals surface area contributed by atoms with E-state index in [9.17, 15) is 9.90 Å². The van der Waals surface area contributed by atoms with Crippen molar-refractivity contribution >= 4 is 28.7 Å². The lowest BCUT2D eigenvalue weighted by molar-refractivity contribution is -0.0264. The second-order valence-electron chi connectivity index (χ2n) is 7.58. The van der Waals surface area contributed by atoms with Crippen molar-refractivity contribution < 1.29 is 9.90 Å². The molecule has 1 saturated heterocycles. The fraction of sp³-hybridized carbons (Fsp3) is 0.292. The highest BCUT2D eigenvalue weighted by molar-refractivity contribution is 7.14. The fourth-order valence-electron chi connectivity index (χ4n) is 3.90. The molecular formula is C24H24ClNO2S. The third-order valence-corrected chi connectivity index (χ3v) is 6.91. The summed E-state index contributed by atoms with van der Waals surface area (Å²) in [4.78, 5) is 16.6. The van der Waals surface area contributed by atoms with Gasteiger partial charge in [-0.3, -0.25) is 9.69 Å². The zero-order valence-electron chi connectivity index (χ0n) is 16.1. The number of aliphatic hydroxyl groups is 1. The number of likely N-dealkylation sites (tertiary alicyclic amines) is 1. The molecule has 3 nitrogen and oxygen atoms in total. The van der Waals surface area contributed by atoms with E-state index in [2.05, 4.69) is 12.1 Å². The number of nitrogens with zero attached hydrogens (tertiary/aromatic N) is 1. The van der Waals surface area contributed by atoms with E-state index < -0.39 is 6.23 Å². The maximum Gasteiger partial charge on any atom is 0.186 e. The van der Waals surface area contributed by atoms with Gasteiger partial charge in [-0.1, -0.05) is 54.1 Å². The molecule has 2 unspecified atom stereocenters. The molecule has 0 saturated carbocycles. The summed E-state index contributed by atoms with van der Waals surface area (Å²) in [5.41, 5.74) is 2.44. The van der Waals surface area contributed by atoms with Gasteiger partial charge in [0.05, 0.1) is 11.4 Å². The van der Waals surface area contributed by atoms with Crippen molar-refractivity contribution in [3.63, 3.8) is 0 Å². The van der Waals surface area contributed by atoms with Crippen LogP contribution in [-0.4, -0.2) is 35.1 Å². The Morgan fingerprint density at radius 3 is 2.55 bits per heavy atom. The summed E-state index contributed by atoms with van der Waals surface area (Å²) in [5, 5.41) is 11.3. The van der Waals surface area contributed by atoms with Gasteiger partial charge in [0.25, 0.3) is 0 Å². The highest BCUT2D eigenvalue weighted by atomic mass is 35.5. The quantitative estimate of drug-likeness (QED) is 0.539. The minimum Gasteiger partial charge on any atom is -0.378 e. The van der Waals surface area contributed by atoms with Crippen LogP contribution < -0.4 is 0 Å². The summed E-state index contributed by atoms with van der Waals surface area (Å²) in [6.45, 7) is 0.974. The molecule has 2 aromatic carbocycles. The maximum atomic E-state index is 12.8. The highest BCUT2D eigenvalue weighted by Gasteiger charge is 2.29. The Morgan fingerprint density at radius 1 is 1.07 bits per heavy atom. The van der Waals surface area contributed by atoms with Gasteiger partial charge in [0.15, 0.2) is 5.78 Å². The lowest BCUT2D eigenvalue weighted by Gasteiger charge is -2.36. The summed E-state index contributed by atoms with van der Waals surface area (Å²) < 4.78 is 0.